The molecular formula is C15H21F4N3O2. The van der Waals surface area contributed by atoms with Crippen molar-refractivity contribution in [2.75, 3.05) is 31.1 Å². The number of piperazine rings is 1. The highest BCUT2D eigenvalue weighted by atomic mass is 19.4. The lowest BCUT2D eigenvalue weighted by atomic mass is 10.2. The zero-order chi connectivity index (χ0) is 18.4. The van der Waals surface area contributed by atoms with E-state index < -0.39 is 17.6 Å². The molecule has 1 aliphatic rings. The lowest BCUT2D eigenvalue weighted by Gasteiger charge is -2.28. The summed E-state index contributed by atoms with van der Waals surface area (Å²) in [4.78, 5) is 14.8. The number of nitrogens with one attached hydrogen (secondary N) is 1. The first-order valence-electron chi connectivity index (χ1n) is 7.34. The highest BCUT2D eigenvalue weighted by Crippen LogP contribution is 2.30. The van der Waals surface area contributed by atoms with Gasteiger partial charge in [-0.05, 0) is 26.8 Å². The van der Waals surface area contributed by atoms with Crippen molar-refractivity contribution in [1.29, 1.82) is 0 Å². The maximum absolute atomic E-state index is 13.5. The number of rotatable bonds is 2. The molecule has 1 fully saturated rings. The van der Waals surface area contributed by atoms with Crippen LogP contribution in [0.1, 0.15) is 26.3 Å². The maximum atomic E-state index is 13.5. The SMILES string of the molecule is CC(C)(C)OC=O.Fc1cc(C(F)(F)F)cnc1N1CCNCC1. The summed E-state index contributed by atoms with van der Waals surface area (Å²) in [6.07, 6.45) is -3.89. The fourth-order valence-electron chi connectivity index (χ4n) is 1.84. The number of alkyl halides is 3. The Morgan fingerprint density at radius 1 is 1.25 bits per heavy atom. The predicted octanol–water partition coefficient (Wildman–Crippen LogP) is 2.61. The molecule has 2 rings (SSSR count). The Labute approximate surface area is 138 Å². The van der Waals surface area contributed by atoms with Gasteiger partial charge in [0, 0.05) is 32.4 Å². The largest absolute Gasteiger partial charge is 0.462 e. The molecule has 0 spiro atoms. The molecule has 136 valence electrons. The number of anilines is 1. The van der Waals surface area contributed by atoms with Crippen molar-refractivity contribution in [2.45, 2.75) is 32.5 Å². The second kappa shape index (κ2) is 8.27. The molecular weight excluding hydrogens is 330 g/mol. The number of nitrogens with zero attached hydrogens (tertiary/aromatic N) is 2. The van der Waals surface area contributed by atoms with Crippen molar-refractivity contribution < 1.29 is 27.1 Å². The first kappa shape index (κ1) is 20.1. The predicted molar refractivity (Wildman–Crippen MR) is 81.2 cm³/mol. The molecule has 2 heterocycles. The quantitative estimate of drug-likeness (QED) is 0.656. The number of hydrogen-bond donors (Lipinski definition) is 1. The molecule has 0 aromatic carbocycles. The molecule has 0 radical (unpaired) electrons. The van der Waals surface area contributed by atoms with Crippen LogP contribution >= 0.6 is 0 Å². The van der Waals surface area contributed by atoms with Crippen molar-refractivity contribution in [1.82, 2.24) is 10.3 Å². The average Bonchev–Trinajstić information content (AvgIpc) is 2.46. The molecule has 0 aliphatic carbocycles. The fraction of sp³-hybridized carbons (Fsp3) is 0.600. The Bertz CT molecular complexity index is 539. The van der Waals surface area contributed by atoms with Gasteiger partial charge in [-0.3, -0.25) is 4.79 Å². The van der Waals surface area contributed by atoms with Gasteiger partial charge in [0.1, 0.15) is 5.60 Å². The third-order valence-corrected chi connectivity index (χ3v) is 2.97. The molecule has 0 unspecified atom stereocenters. The van der Waals surface area contributed by atoms with Crippen LogP contribution < -0.4 is 10.2 Å². The van der Waals surface area contributed by atoms with Crippen LogP contribution in [0.2, 0.25) is 0 Å². The summed E-state index contributed by atoms with van der Waals surface area (Å²) in [7, 11) is 0. The minimum atomic E-state index is -4.56. The first-order valence-corrected chi connectivity index (χ1v) is 7.34. The molecule has 0 bridgehead atoms. The minimum Gasteiger partial charge on any atom is -0.462 e. The van der Waals surface area contributed by atoms with Crippen LogP contribution in [0.4, 0.5) is 23.4 Å². The Kier molecular flexibility index (Phi) is 6.94. The summed E-state index contributed by atoms with van der Waals surface area (Å²) < 4.78 is 55.0. The van der Waals surface area contributed by atoms with Gasteiger partial charge < -0.3 is 15.0 Å². The summed E-state index contributed by atoms with van der Waals surface area (Å²) in [6, 6.07) is 0.490. The van der Waals surface area contributed by atoms with Gasteiger partial charge in [-0.15, -0.1) is 0 Å². The molecule has 0 atom stereocenters. The van der Waals surface area contributed by atoms with E-state index in [-0.39, 0.29) is 11.4 Å². The van der Waals surface area contributed by atoms with E-state index in [0.717, 1.165) is 0 Å². The number of halogens is 4. The van der Waals surface area contributed by atoms with Gasteiger partial charge >= 0.3 is 6.18 Å². The van der Waals surface area contributed by atoms with Crippen molar-refractivity contribution in [3.05, 3.63) is 23.6 Å². The van der Waals surface area contributed by atoms with E-state index in [0.29, 0.717) is 44.9 Å². The van der Waals surface area contributed by atoms with Gasteiger partial charge in [-0.1, -0.05) is 0 Å². The lowest BCUT2D eigenvalue weighted by Crippen LogP contribution is -2.44. The van der Waals surface area contributed by atoms with Crippen LogP contribution in [0.3, 0.4) is 0 Å². The Hall–Kier alpha value is -1.90. The van der Waals surface area contributed by atoms with Gasteiger partial charge in [-0.2, -0.15) is 13.2 Å². The zero-order valence-corrected chi connectivity index (χ0v) is 13.8. The molecule has 9 heteroatoms. The van der Waals surface area contributed by atoms with Crippen LogP contribution in [-0.2, 0) is 15.7 Å². The zero-order valence-electron chi connectivity index (χ0n) is 13.8. The van der Waals surface area contributed by atoms with E-state index in [1.165, 1.54) is 0 Å². The Balaban J connectivity index is 0.000000351. The molecule has 24 heavy (non-hydrogen) atoms. The van der Waals surface area contributed by atoms with Gasteiger partial charge in [-0.25, -0.2) is 9.37 Å². The molecule has 1 aromatic heterocycles. The van der Waals surface area contributed by atoms with E-state index in [1.54, 1.807) is 4.90 Å². The second-order valence-electron chi connectivity index (χ2n) is 6.09. The van der Waals surface area contributed by atoms with Crippen molar-refractivity contribution in [2.24, 2.45) is 0 Å². The maximum Gasteiger partial charge on any atom is 0.417 e. The van der Waals surface area contributed by atoms with Crippen LogP contribution in [0, 0.1) is 5.82 Å². The van der Waals surface area contributed by atoms with Gasteiger partial charge in [0.25, 0.3) is 6.47 Å². The smallest absolute Gasteiger partial charge is 0.417 e. The summed E-state index contributed by atoms with van der Waals surface area (Å²) >= 11 is 0. The number of aromatic nitrogens is 1. The molecule has 5 nitrogen and oxygen atoms in total. The standard InChI is InChI=1S/C10H11F4N3.C5H10O2/c11-8-5-7(10(12,13)14)6-16-9(8)17-3-1-15-2-4-17;1-5(2,3)7-4-6/h5-6,15H,1-4H2;4H,1-3H3. The molecule has 1 N–H and O–H groups in total. The van der Waals surface area contributed by atoms with Gasteiger partial charge in [0.05, 0.1) is 5.56 Å². The van der Waals surface area contributed by atoms with E-state index in [4.69, 9.17) is 0 Å². The third-order valence-electron chi connectivity index (χ3n) is 2.97. The Morgan fingerprint density at radius 2 is 1.83 bits per heavy atom. The molecule has 1 aromatic rings. The topological polar surface area (TPSA) is 54.5 Å². The summed E-state index contributed by atoms with van der Waals surface area (Å²) in [5, 5.41) is 3.07. The third kappa shape index (κ3) is 6.69. The van der Waals surface area contributed by atoms with Crippen molar-refractivity contribution >= 4 is 12.3 Å². The first-order chi connectivity index (χ1) is 11.0. The number of pyridine rings is 1. The molecule has 0 amide bonds. The summed E-state index contributed by atoms with van der Waals surface area (Å²) in [5.74, 6) is -0.943. The second-order valence-corrected chi connectivity index (χ2v) is 6.09. The van der Waals surface area contributed by atoms with Gasteiger partial charge in [0.2, 0.25) is 0 Å². The lowest BCUT2D eigenvalue weighted by molar-refractivity contribution is -0.139. The summed E-state index contributed by atoms with van der Waals surface area (Å²) in [5.41, 5.74) is -1.38. The number of hydrogen-bond acceptors (Lipinski definition) is 5. The van der Waals surface area contributed by atoms with Crippen molar-refractivity contribution in [3.8, 4) is 0 Å². The van der Waals surface area contributed by atoms with E-state index in [1.807, 2.05) is 20.8 Å². The van der Waals surface area contributed by atoms with Crippen LogP contribution in [0.25, 0.3) is 0 Å². The number of carbonyl (C=O) groups excluding carboxylic acids is 1. The minimum absolute atomic E-state index is 0.0144. The van der Waals surface area contributed by atoms with Crippen LogP contribution in [0.15, 0.2) is 12.3 Å². The van der Waals surface area contributed by atoms with Crippen LogP contribution in [0.5, 0.6) is 0 Å². The molecule has 0 saturated carbocycles. The normalized spacial score (nSPS) is 15.4. The average molecular weight is 351 g/mol. The number of ether oxygens (including phenoxy) is 1. The highest BCUT2D eigenvalue weighted by Gasteiger charge is 2.32. The Morgan fingerprint density at radius 3 is 2.21 bits per heavy atom. The van der Waals surface area contributed by atoms with E-state index in [2.05, 4.69) is 15.0 Å². The molecule has 1 saturated heterocycles. The van der Waals surface area contributed by atoms with Crippen LogP contribution in [-0.4, -0.2) is 43.2 Å². The van der Waals surface area contributed by atoms with E-state index >= 15 is 0 Å². The summed E-state index contributed by atoms with van der Waals surface area (Å²) in [6.45, 7) is 8.33. The number of carbonyl (C=O) groups is 1. The van der Waals surface area contributed by atoms with Crippen molar-refractivity contribution in [3.63, 3.8) is 0 Å². The van der Waals surface area contributed by atoms with E-state index in [9.17, 15) is 22.4 Å². The monoisotopic (exact) mass is 351 g/mol. The highest BCUT2D eigenvalue weighted by molar-refractivity contribution is 5.42. The molecule has 1 aliphatic heterocycles. The van der Waals surface area contributed by atoms with Gasteiger partial charge in [0.15, 0.2) is 11.6 Å². The fourth-order valence-corrected chi connectivity index (χ4v) is 1.84.